The molecule has 1 spiro atoms. The van der Waals surface area contributed by atoms with Gasteiger partial charge >= 0.3 is 0 Å². The van der Waals surface area contributed by atoms with E-state index in [1.165, 1.54) is 71.0 Å². The maximum Gasteiger partial charge on any atom is 0.0710 e. The Labute approximate surface area is 111 Å². The van der Waals surface area contributed by atoms with E-state index < -0.39 is 0 Å². The Balaban J connectivity index is 1.47. The van der Waals surface area contributed by atoms with Gasteiger partial charge in [0.1, 0.15) is 0 Å². The van der Waals surface area contributed by atoms with E-state index in [9.17, 15) is 0 Å². The summed E-state index contributed by atoms with van der Waals surface area (Å²) in [6.45, 7) is 3.63. The van der Waals surface area contributed by atoms with Gasteiger partial charge in [-0.1, -0.05) is 19.3 Å². The largest absolute Gasteiger partial charge is 0.370 e. The summed E-state index contributed by atoms with van der Waals surface area (Å²) in [7, 11) is 2.08. The molecule has 3 heteroatoms. The van der Waals surface area contributed by atoms with Crippen LogP contribution in [0.5, 0.6) is 0 Å². The Morgan fingerprint density at radius 3 is 2.72 bits per heavy atom. The summed E-state index contributed by atoms with van der Waals surface area (Å²) in [6, 6.07) is 0.704. The van der Waals surface area contributed by atoms with E-state index in [2.05, 4.69) is 17.3 Å². The standard InChI is InChI=1S/C15H28N2O/c1-16-13-6-10-17(11-13)12-14-5-9-15(18-14)7-3-2-4-8-15/h13-14,16H,2-12H2,1H3. The third kappa shape index (κ3) is 2.73. The van der Waals surface area contributed by atoms with Gasteiger partial charge < -0.3 is 10.1 Å². The number of likely N-dealkylation sites (N-methyl/N-ethyl adjacent to an activating group) is 1. The topological polar surface area (TPSA) is 24.5 Å². The highest BCUT2D eigenvalue weighted by Gasteiger charge is 2.41. The summed E-state index contributed by atoms with van der Waals surface area (Å²) in [5.41, 5.74) is 0.297. The molecule has 3 rings (SSSR count). The maximum absolute atomic E-state index is 6.46. The van der Waals surface area contributed by atoms with Crippen LogP contribution in [0, 0.1) is 0 Å². The van der Waals surface area contributed by atoms with Crippen LogP contribution in [-0.4, -0.2) is 49.3 Å². The maximum atomic E-state index is 6.46. The zero-order valence-corrected chi connectivity index (χ0v) is 11.8. The van der Waals surface area contributed by atoms with E-state index in [1.807, 2.05) is 0 Å². The van der Waals surface area contributed by atoms with Crippen molar-refractivity contribution in [3.8, 4) is 0 Å². The zero-order chi connectivity index (χ0) is 12.4. The minimum absolute atomic E-state index is 0.297. The molecule has 0 aromatic heterocycles. The molecule has 0 amide bonds. The molecule has 0 bridgehead atoms. The average Bonchev–Trinajstić information content (AvgIpc) is 2.99. The van der Waals surface area contributed by atoms with Gasteiger partial charge in [0.15, 0.2) is 0 Å². The lowest BCUT2D eigenvalue weighted by molar-refractivity contribution is -0.0704. The molecule has 2 saturated heterocycles. The fraction of sp³-hybridized carbons (Fsp3) is 1.00. The van der Waals surface area contributed by atoms with Crippen molar-refractivity contribution in [3.63, 3.8) is 0 Å². The van der Waals surface area contributed by atoms with E-state index in [-0.39, 0.29) is 0 Å². The minimum atomic E-state index is 0.297. The van der Waals surface area contributed by atoms with Crippen molar-refractivity contribution >= 4 is 0 Å². The zero-order valence-electron chi connectivity index (χ0n) is 11.8. The number of nitrogens with zero attached hydrogens (tertiary/aromatic N) is 1. The Morgan fingerprint density at radius 1 is 1.17 bits per heavy atom. The second-order valence-corrected chi connectivity index (χ2v) is 6.56. The minimum Gasteiger partial charge on any atom is -0.370 e. The van der Waals surface area contributed by atoms with Crippen molar-refractivity contribution in [1.82, 2.24) is 10.2 Å². The van der Waals surface area contributed by atoms with Crippen molar-refractivity contribution in [1.29, 1.82) is 0 Å². The van der Waals surface area contributed by atoms with Gasteiger partial charge in [-0.05, 0) is 45.7 Å². The molecule has 2 aliphatic heterocycles. The average molecular weight is 252 g/mol. The first-order chi connectivity index (χ1) is 8.80. The second kappa shape index (κ2) is 5.48. The van der Waals surface area contributed by atoms with Gasteiger partial charge in [0.2, 0.25) is 0 Å². The van der Waals surface area contributed by atoms with E-state index in [4.69, 9.17) is 4.74 Å². The van der Waals surface area contributed by atoms with Crippen LogP contribution >= 0.6 is 0 Å². The van der Waals surface area contributed by atoms with Crippen molar-refractivity contribution in [3.05, 3.63) is 0 Å². The molecule has 1 saturated carbocycles. The summed E-state index contributed by atoms with van der Waals surface area (Å²) < 4.78 is 6.46. The fourth-order valence-electron chi connectivity index (χ4n) is 4.11. The molecular formula is C15H28N2O. The van der Waals surface area contributed by atoms with Gasteiger partial charge in [0.05, 0.1) is 11.7 Å². The molecule has 0 aromatic carbocycles. The smallest absolute Gasteiger partial charge is 0.0710 e. The molecule has 2 heterocycles. The van der Waals surface area contributed by atoms with Crippen molar-refractivity contribution in [2.24, 2.45) is 0 Å². The highest BCUT2D eigenvalue weighted by molar-refractivity contribution is 4.93. The quantitative estimate of drug-likeness (QED) is 0.833. The van der Waals surface area contributed by atoms with E-state index in [0.29, 0.717) is 17.7 Å². The molecule has 3 fully saturated rings. The van der Waals surface area contributed by atoms with Crippen molar-refractivity contribution in [2.45, 2.75) is 69.1 Å². The van der Waals surface area contributed by atoms with Crippen molar-refractivity contribution in [2.75, 3.05) is 26.7 Å². The van der Waals surface area contributed by atoms with E-state index in [1.54, 1.807) is 0 Å². The highest BCUT2D eigenvalue weighted by Crippen LogP contribution is 2.42. The van der Waals surface area contributed by atoms with Crippen molar-refractivity contribution < 1.29 is 4.74 Å². The Morgan fingerprint density at radius 2 is 2.00 bits per heavy atom. The molecule has 104 valence electrons. The molecule has 2 unspecified atom stereocenters. The number of likely N-dealkylation sites (tertiary alicyclic amines) is 1. The van der Waals surface area contributed by atoms with Crippen LogP contribution < -0.4 is 5.32 Å². The highest BCUT2D eigenvalue weighted by atomic mass is 16.5. The van der Waals surface area contributed by atoms with Gasteiger partial charge in [-0.25, -0.2) is 0 Å². The summed E-state index contributed by atoms with van der Waals surface area (Å²) in [4.78, 5) is 2.59. The molecule has 1 aliphatic carbocycles. The molecule has 0 aromatic rings. The SMILES string of the molecule is CNC1CCN(CC2CCC3(CCCCC3)O2)C1. The normalized spacial score (nSPS) is 36.5. The number of hydrogen-bond acceptors (Lipinski definition) is 3. The van der Waals surface area contributed by atoms with Crippen LogP contribution in [0.25, 0.3) is 0 Å². The number of nitrogens with one attached hydrogen (secondary N) is 1. The summed E-state index contributed by atoms with van der Waals surface area (Å²) in [5.74, 6) is 0. The van der Waals surface area contributed by atoms with Gasteiger partial charge in [-0.3, -0.25) is 4.90 Å². The van der Waals surface area contributed by atoms with E-state index >= 15 is 0 Å². The number of ether oxygens (including phenoxy) is 1. The van der Waals surface area contributed by atoms with Gasteiger partial charge in [0, 0.05) is 19.1 Å². The van der Waals surface area contributed by atoms with Gasteiger partial charge in [0.25, 0.3) is 0 Å². The van der Waals surface area contributed by atoms with Crippen LogP contribution in [0.3, 0.4) is 0 Å². The molecule has 0 radical (unpaired) electrons. The van der Waals surface area contributed by atoms with Gasteiger partial charge in [-0.2, -0.15) is 0 Å². The summed E-state index contributed by atoms with van der Waals surface area (Å²) in [6.07, 6.45) is 11.3. The number of rotatable bonds is 3. The van der Waals surface area contributed by atoms with Crippen LogP contribution in [0.2, 0.25) is 0 Å². The predicted octanol–water partition coefficient (Wildman–Crippen LogP) is 2.16. The Kier molecular flexibility index (Phi) is 3.92. The first-order valence-electron chi connectivity index (χ1n) is 7.87. The monoisotopic (exact) mass is 252 g/mol. The lowest BCUT2D eigenvalue weighted by Crippen LogP contribution is -2.37. The van der Waals surface area contributed by atoms with Crippen LogP contribution in [-0.2, 0) is 4.74 Å². The summed E-state index contributed by atoms with van der Waals surface area (Å²) in [5, 5.41) is 3.39. The molecule has 3 nitrogen and oxygen atoms in total. The lowest BCUT2D eigenvalue weighted by Gasteiger charge is -2.34. The van der Waals surface area contributed by atoms with Gasteiger partial charge in [-0.15, -0.1) is 0 Å². The Hall–Kier alpha value is -0.120. The van der Waals surface area contributed by atoms with Crippen LogP contribution in [0.1, 0.15) is 51.4 Å². The Bertz CT molecular complexity index is 276. The summed E-state index contributed by atoms with van der Waals surface area (Å²) >= 11 is 0. The predicted molar refractivity (Wildman–Crippen MR) is 73.8 cm³/mol. The number of hydrogen-bond donors (Lipinski definition) is 1. The van der Waals surface area contributed by atoms with E-state index in [0.717, 1.165) is 0 Å². The molecule has 3 aliphatic rings. The fourth-order valence-corrected chi connectivity index (χ4v) is 4.11. The first-order valence-corrected chi connectivity index (χ1v) is 7.87. The molecule has 1 N–H and O–H groups in total. The molecule has 18 heavy (non-hydrogen) atoms. The first kappa shape index (κ1) is 12.9. The van der Waals surface area contributed by atoms with Crippen LogP contribution in [0.4, 0.5) is 0 Å². The lowest BCUT2D eigenvalue weighted by atomic mass is 9.83. The third-order valence-corrected chi connectivity index (χ3v) is 5.25. The molecular weight excluding hydrogens is 224 g/mol. The molecule has 2 atom stereocenters. The third-order valence-electron chi connectivity index (χ3n) is 5.25. The second-order valence-electron chi connectivity index (χ2n) is 6.56. The van der Waals surface area contributed by atoms with Crippen LogP contribution in [0.15, 0.2) is 0 Å².